The van der Waals surface area contributed by atoms with Crippen molar-refractivity contribution in [3.05, 3.63) is 22.4 Å². The molecule has 1 aliphatic rings. The summed E-state index contributed by atoms with van der Waals surface area (Å²) in [7, 11) is 0. The minimum atomic E-state index is -0.397. The fourth-order valence-corrected chi connectivity index (χ4v) is 2.69. The van der Waals surface area contributed by atoms with E-state index in [0.717, 1.165) is 0 Å². The number of Topliss-reactive ketones (excluding diaryl/α,β-unsaturated/α-hetero) is 1. The molecule has 0 spiro atoms. The first kappa shape index (κ1) is 12.9. The number of thiophene rings is 1. The molecule has 1 saturated heterocycles. The number of piperazine rings is 1. The number of rotatable bonds is 4. The highest BCUT2D eigenvalue weighted by atomic mass is 32.1. The molecule has 1 atom stereocenters. The van der Waals surface area contributed by atoms with Gasteiger partial charge in [-0.15, -0.1) is 11.3 Å². The summed E-state index contributed by atoms with van der Waals surface area (Å²) < 4.78 is 0. The van der Waals surface area contributed by atoms with E-state index in [-0.39, 0.29) is 30.7 Å². The van der Waals surface area contributed by atoms with Crippen LogP contribution in [0.15, 0.2) is 17.5 Å². The van der Waals surface area contributed by atoms with Gasteiger partial charge in [0.2, 0.25) is 11.8 Å². The average Bonchev–Trinajstić information content (AvgIpc) is 2.81. The summed E-state index contributed by atoms with van der Waals surface area (Å²) in [6.07, 6.45) is 0.580. The van der Waals surface area contributed by atoms with Crippen LogP contribution in [0.1, 0.15) is 23.0 Å². The van der Waals surface area contributed by atoms with Gasteiger partial charge in [-0.2, -0.15) is 0 Å². The second-order valence-electron chi connectivity index (χ2n) is 4.14. The van der Waals surface area contributed by atoms with Crippen molar-refractivity contribution in [1.29, 1.82) is 0 Å². The molecule has 0 aliphatic carbocycles. The van der Waals surface area contributed by atoms with Gasteiger partial charge in [-0.3, -0.25) is 24.6 Å². The van der Waals surface area contributed by atoms with Gasteiger partial charge in [0.05, 0.1) is 24.0 Å². The van der Waals surface area contributed by atoms with Crippen LogP contribution < -0.4 is 5.32 Å². The number of hydrogen-bond acceptors (Lipinski definition) is 5. The van der Waals surface area contributed by atoms with Crippen LogP contribution in [0, 0.1) is 0 Å². The number of ketones is 1. The highest BCUT2D eigenvalue weighted by Crippen LogP contribution is 2.14. The molecule has 0 radical (unpaired) electrons. The number of carbonyl (C=O) groups excluding carboxylic acids is 3. The summed E-state index contributed by atoms with van der Waals surface area (Å²) in [5.74, 6) is -0.706. The zero-order valence-corrected chi connectivity index (χ0v) is 10.8. The van der Waals surface area contributed by atoms with Crippen molar-refractivity contribution in [3.63, 3.8) is 0 Å². The third-order valence-electron chi connectivity index (χ3n) is 2.88. The van der Waals surface area contributed by atoms with E-state index in [0.29, 0.717) is 11.3 Å². The van der Waals surface area contributed by atoms with Gasteiger partial charge in [0, 0.05) is 0 Å². The molecule has 6 heteroatoms. The van der Waals surface area contributed by atoms with Gasteiger partial charge in [0.15, 0.2) is 5.78 Å². The molecule has 96 valence electrons. The van der Waals surface area contributed by atoms with E-state index in [4.69, 9.17) is 0 Å². The third kappa shape index (κ3) is 2.65. The number of carbonyl (C=O) groups is 3. The molecule has 1 aromatic heterocycles. The van der Waals surface area contributed by atoms with Crippen LogP contribution in [-0.4, -0.2) is 41.6 Å². The molecule has 18 heavy (non-hydrogen) atoms. The molecule has 1 aliphatic heterocycles. The Morgan fingerprint density at radius 2 is 2.33 bits per heavy atom. The first-order valence-corrected chi connectivity index (χ1v) is 6.64. The summed E-state index contributed by atoms with van der Waals surface area (Å²) >= 11 is 1.37. The van der Waals surface area contributed by atoms with E-state index in [1.165, 1.54) is 11.3 Å². The Kier molecular flexibility index (Phi) is 3.88. The largest absolute Gasteiger partial charge is 0.294 e. The third-order valence-corrected chi connectivity index (χ3v) is 3.79. The number of hydrogen-bond donors (Lipinski definition) is 1. The summed E-state index contributed by atoms with van der Waals surface area (Å²) in [6.45, 7) is 2.07. The molecule has 1 N–H and O–H groups in total. The van der Waals surface area contributed by atoms with E-state index < -0.39 is 6.04 Å². The molecule has 1 unspecified atom stereocenters. The minimum absolute atomic E-state index is 0.0500. The topological polar surface area (TPSA) is 66.5 Å². The summed E-state index contributed by atoms with van der Waals surface area (Å²) in [6, 6.07) is 3.16. The van der Waals surface area contributed by atoms with Gasteiger partial charge in [0.25, 0.3) is 0 Å². The zero-order valence-electron chi connectivity index (χ0n) is 10.0. The Hall–Kier alpha value is -1.53. The summed E-state index contributed by atoms with van der Waals surface area (Å²) in [5.41, 5.74) is 0. The summed E-state index contributed by atoms with van der Waals surface area (Å²) in [5, 5.41) is 4.12. The Balaban J connectivity index is 2.08. The van der Waals surface area contributed by atoms with E-state index in [1.807, 2.05) is 18.4 Å². The van der Waals surface area contributed by atoms with Crippen LogP contribution in [0.25, 0.3) is 0 Å². The minimum Gasteiger partial charge on any atom is -0.294 e. The molecule has 1 fully saturated rings. The number of nitrogens with zero attached hydrogens (tertiary/aromatic N) is 1. The highest BCUT2D eigenvalue weighted by molar-refractivity contribution is 7.12. The lowest BCUT2D eigenvalue weighted by Gasteiger charge is -2.32. The predicted octanol–water partition coefficient (Wildman–Crippen LogP) is 0.668. The molecule has 5 nitrogen and oxygen atoms in total. The fraction of sp³-hybridized carbons (Fsp3) is 0.417. The number of amides is 2. The maximum atomic E-state index is 12.0. The van der Waals surface area contributed by atoms with Gasteiger partial charge in [0.1, 0.15) is 0 Å². The van der Waals surface area contributed by atoms with Crippen LogP contribution in [0.4, 0.5) is 0 Å². The smallest absolute Gasteiger partial charge is 0.243 e. The SMILES string of the molecule is CCC1C(=O)NC(=O)CN1CC(=O)c1cccs1. The van der Waals surface area contributed by atoms with Gasteiger partial charge < -0.3 is 0 Å². The van der Waals surface area contributed by atoms with E-state index in [9.17, 15) is 14.4 Å². The first-order chi connectivity index (χ1) is 8.61. The van der Waals surface area contributed by atoms with Crippen LogP contribution in [-0.2, 0) is 9.59 Å². The lowest BCUT2D eigenvalue weighted by atomic mass is 10.1. The molecular formula is C12H14N2O3S. The van der Waals surface area contributed by atoms with Crippen molar-refractivity contribution in [1.82, 2.24) is 10.2 Å². The Bertz CT molecular complexity index is 470. The molecule has 0 bridgehead atoms. The van der Waals surface area contributed by atoms with Crippen LogP contribution >= 0.6 is 11.3 Å². The van der Waals surface area contributed by atoms with Crippen molar-refractivity contribution in [2.75, 3.05) is 13.1 Å². The second kappa shape index (κ2) is 5.41. The Labute approximate surface area is 109 Å². The van der Waals surface area contributed by atoms with Gasteiger partial charge in [-0.05, 0) is 17.9 Å². The van der Waals surface area contributed by atoms with E-state index >= 15 is 0 Å². The van der Waals surface area contributed by atoms with Gasteiger partial charge in [-0.25, -0.2) is 0 Å². The van der Waals surface area contributed by atoms with Gasteiger partial charge >= 0.3 is 0 Å². The van der Waals surface area contributed by atoms with Crippen molar-refractivity contribution in [3.8, 4) is 0 Å². The zero-order chi connectivity index (χ0) is 13.1. The molecule has 2 rings (SSSR count). The van der Waals surface area contributed by atoms with Crippen molar-refractivity contribution >= 4 is 28.9 Å². The predicted molar refractivity (Wildman–Crippen MR) is 67.5 cm³/mol. The molecule has 2 heterocycles. The van der Waals surface area contributed by atoms with Crippen molar-refractivity contribution in [2.45, 2.75) is 19.4 Å². The lowest BCUT2D eigenvalue weighted by Crippen LogP contribution is -2.58. The molecule has 0 saturated carbocycles. The fourth-order valence-electron chi connectivity index (χ4n) is 2.03. The standard InChI is InChI=1S/C12H14N2O3S/c1-2-8-12(17)13-11(16)7-14(8)6-9(15)10-4-3-5-18-10/h3-5,8H,2,6-7H2,1H3,(H,13,16,17). The van der Waals surface area contributed by atoms with E-state index in [2.05, 4.69) is 5.32 Å². The molecule has 1 aromatic rings. The molecule has 0 aromatic carbocycles. The van der Waals surface area contributed by atoms with Crippen LogP contribution in [0.3, 0.4) is 0 Å². The Morgan fingerprint density at radius 3 is 2.94 bits per heavy atom. The van der Waals surface area contributed by atoms with Gasteiger partial charge in [-0.1, -0.05) is 13.0 Å². The summed E-state index contributed by atoms with van der Waals surface area (Å²) in [4.78, 5) is 37.2. The average molecular weight is 266 g/mol. The monoisotopic (exact) mass is 266 g/mol. The normalized spacial score (nSPS) is 20.8. The molecule has 2 amide bonds. The van der Waals surface area contributed by atoms with E-state index in [1.54, 1.807) is 11.0 Å². The van der Waals surface area contributed by atoms with Crippen LogP contribution in [0.2, 0.25) is 0 Å². The maximum Gasteiger partial charge on any atom is 0.243 e. The lowest BCUT2D eigenvalue weighted by molar-refractivity contribution is -0.139. The number of nitrogens with one attached hydrogen (secondary N) is 1. The van der Waals surface area contributed by atoms with Crippen molar-refractivity contribution < 1.29 is 14.4 Å². The van der Waals surface area contributed by atoms with Crippen LogP contribution in [0.5, 0.6) is 0 Å². The van der Waals surface area contributed by atoms with Crippen molar-refractivity contribution in [2.24, 2.45) is 0 Å². The second-order valence-corrected chi connectivity index (χ2v) is 5.09. The molecular weight excluding hydrogens is 252 g/mol. The number of imide groups is 1. The Morgan fingerprint density at radius 1 is 1.56 bits per heavy atom. The highest BCUT2D eigenvalue weighted by Gasteiger charge is 2.33. The first-order valence-electron chi connectivity index (χ1n) is 5.76. The quantitative estimate of drug-likeness (QED) is 0.642. The maximum absolute atomic E-state index is 12.0.